The number of carbonyl (C=O) groups is 3. The summed E-state index contributed by atoms with van der Waals surface area (Å²) in [5, 5.41) is 7.21. The Morgan fingerprint density at radius 2 is 1.90 bits per heavy atom. The highest BCUT2D eigenvalue weighted by atomic mass is 19.1. The summed E-state index contributed by atoms with van der Waals surface area (Å²) in [4.78, 5) is 44.0. The molecule has 6 rings (SSSR count). The quantitative estimate of drug-likeness (QED) is 0.370. The highest BCUT2D eigenvalue weighted by molar-refractivity contribution is 6.04. The summed E-state index contributed by atoms with van der Waals surface area (Å²) < 4.78 is 31.5. The number of likely N-dealkylation sites (tertiary alicyclic amines) is 1. The summed E-state index contributed by atoms with van der Waals surface area (Å²) >= 11 is 0. The molecule has 3 N–H and O–H groups in total. The molecule has 0 radical (unpaired) electrons. The highest BCUT2D eigenvalue weighted by Crippen LogP contribution is 2.35. The van der Waals surface area contributed by atoms with Crippen LogP contribution < -0.4 is 11.1 Å². The number of hydrogen-bond acceptors (Lipinski definition) is 5. The number of nitrogens with zero attached hydrogens (tertiary/aromatic N) is 4. The second kappa shape index (κ2) is 10.2. The molecule has 3 amide bonds. The number of nitrogens with one attached hydrogen (secondary N) is 1. The van der Waals surface area contributed by atoms with Crippen LogP contribution in [-0.2, 0) is 22.6 Å². The van der Waals surface area contributed by atoms with Crippen LogP contribution in [0.3, 0.4) is 0 Å². The average Bonchev–Trinajstić information content (AvgIpc) is 3.63. The van der Waals surface area contributed by atoms with Gasteiger partial charge in [-0.15, -0.1) is 0 Å². The lowest BCUT2D eigenvalue weighted by Gasteiger charge is -2.24. The van der Waals surface area contributed by atoms with Crippen LogP contribution in [0, 0.1) is 5.82 Å². The second-order valence-electron chi connectivity index (χ2n) is 10.3. The normalized spacial score (nSPS) is 17.9. The van der Waals surface area contributed by atoms with Gasteiger partial charge in [0.1, 0.15) is 18.8 Å². The Labute approximate surface area is 233 Å². The molecule has 41 heavy (non-hydrogen) atoms. The Morgan fingerprint density at radius 3 is 2.71 bits per heavy atom. The van der Waals surface area contributed by atoms with Crippen LogP contribution >= 0.6 is 0 Å². The fourth-order valence-corrected chi connectivity index (χ4v) is 5.53. The topological polar surface area (TPSA) is 123 Å². The van der Waals surface area contributed by atoms with Crippen LogP contribution in [-0.4, -0.2) is 56.9 Å². The molecule has 0 unspecified atom stereocenters. The number of alkyl halides is 1. The first-order valence-electron chi connectivity index (χ1n) is 13.2. The van der Waals surface area contributed by atoms with Crippen LogP contribution in [0.4, 0.5) is 20.2 Å². The lowest BCUT2D eigenvalue weighted by molar-refractivity contribution is -0.137. The number of aliphatic imine (C=N–C) groups is 1. The molecule has 2 aliphatic heterocycles. The predicted molar refractivity (Wildman–Crippen MR) is 150 cm³/mol. The summed E-state index contributed by atoms with van der Waals surface area (Å²) in [6.45, 7) is 1.30. The van der Waals surface area contributed by atoms with E-state index in [2.05, 4.69) is 15.4 Å². The fourth-order valence-electron chi connectivity index (χ4n) is 5.53. The molecular formula is C30H26F2N6O3. The van der Waals surface area contributed by atoms with E-state index in [1.54, 1.807) is 36.4 Å². The van der Waals surface area contributed by atoms with E-state index in [0.29, 0.717) is 16.5 Å². The van der Waals surface area contributed by atoms with Gasteiger partial charge in [-0.2, -0.15) is 5.10 Å². The molecule has 208 valence electrons. The van der Waals surface area contributed by atoms with Crippen molar-refractivity contribution in [3.8, 4) is 11.1 Å². The number of anilines is 1. The van der Waals surface area contributed by atoms with Crippen molar-refractivity contribution in [1.82, 2.24) is 14.7 Å². The van der Waals surface area contributed by atoms with E-state index in [1.165, 1.54) is 10.7 Å². The van der Waals surface area contributed by atoms with Gasteiger partial charge in [0.15, 0.2) is 11.5 Å². The Bertz CT molecular complexity index is 1760. The van der Waals surface area contributed by atoms with Crippen molar-refractivity contribution >= 4 is 45.7 Å². The molecular weight excluding hydrogens is 530 g/mol. The number of hydrogen-bond donors (Lipinski definition) is 2. The van der Waals surface area contributed by atoms with Crippen molar-refractivity contribution < 1.29 is 23.2 Å². The zero-order valence-corrected chi connectivity index (χ0v) is 22.1. The molecule has 3 heterocycles. The molecule has 0 spiro atoms. The number of para-hydroxylation sites is 1. The SMILES string of the molecule is CC1=Nc2cc(-c3cccc(NC(=O)[C@@H]4C[C@@H](F)CN4C(=O)Cn4nc(C(N)=O)c5ccccc54)c3F)ccc2C1. The maximum atomic E-state index is 15.6. The van der Waals surface area contributed by atoms with Crippen molar-refractivity contribution in [2.75, 3.05) is 11.9 Å². The van der Waals surface area contributed by atoms with Gasteiger partial charge in [-0.3, -0.25) is 24.1 Å². The Morgan fingerprint density at radius 1 is 1.10 bits per heavy atom. The van der Waals surface area contributed by atoms with Crippen LogP contribution in [0.2, 0.25) is 0 Å². The van der Waals surface area contributed by atoms with E-state index in [9.17, 15) is 18.8 Å². The molecule has 0 bridgehead atoms. The minimum Gasteiger partial charge on any atom is -0.364 e. The smallest absolute Gasteiger partial charge is 0.269 e. The highest BCUT2D eigenvalue weighted by Gasteiger charge is 2.40. The van der Waals surface area contributed by atoms with E-state index < -0.39 is 35.8 Å². The number of primary amides is 1. The largest absolute Gasteiger partial charge is 0.364 e. The van der Waals surface area contributed by atoms with Gasteiger partial charge in [0.2, 0.25) is 11.8 Å². The minimum absolute atomic E-state index is 0.00755. The minimum atomic E-state index is -1.43. The zero-order chi connectivity index (χ0) is 28.8. The lowest BCUT2D eigenvalue weighted by atomic mass is 10.0. The standard InChI is InChI=1S/C30H26F2N6O3/c1-16-11-18-10-9-17(12-23(18)34-16)20-6-4-7-22(27(20)32)35-30(41)25-13-19(31)14-37(25)26(39)15-38-24-8-3-2-5-21(24)28(36-38)29(33)40/h2-10,12,19,25H,11,13-15H2,1H3,(H2,33,40)(H,35,41)/t19-,25+/m1/s1. The summed E-state index contributed by atoms with van der Waals surface area (Å²) in [6, 6.07) is 15.8. The van der Waals surface area contributed by atoms with Crippen molar-refractivity contribution in [2.45, 2.75) is 38.5 Å². The third-order valence-electron chi connectivity index (χ3n) is 7.46. The number of carbonyl (C=O) groups excluding carboxylic acids is 3. The van der Waals surface area contributed by atoms with Gasteiger partial charge in [-0.25, -0.2) is 8.78 Å². The molecule has 1 aromatic heterocycles. The molecule has 2 aliphatic rings. The predicted octanol–water partition coefficient (Wildman–Crippen LogP) is 4.17. The number of benzene rings is 3. The Kier molecular flexibility index (Phi) is 6.56. The molecule has 0 aliphatic carbocycles. The number of nitrogens with two attached hydrogens (primary N) is 1. The number of fused-ring (bicyclic) bond motifs is 2. The summed E-state index contributed by atoms with van der Waals surface area (Å²) in [5.74, 6) is -2.67. The molecule has 3 aromatic carbocycles. The van der Waals surface area contributed by atoms with Crippen LogP contribution in [0.25, 0.3) is 22.0 Å². The number of amides is 3. The van der Waals surface area contributed by atoms with E-state index in [1.807, 2.05) is 25.1 Å². The van der Waals surface area contributed by atoms with Crippen LogP contribution in [0.15, 0.2) is 65.7 Å². The van der Waals surface area contributed by atoms with Gasteiger partial charge in [-0.1, -0.05) is 42.5 Å². The molecule has 1 saturated heterocycles. The van der Waals surface area contributed by atoms with Gasteiger partial charge in [0, 0.05) is 29.5 Å². The third kappa shape index (κ3) is 4.83. The first-order valence-corrected chi connectivity index (χ1v) is 13.2. The monoisotopic (exact) mass is 556 g/mol. The molecule has 9 nitrogen and oxygen atoms in total. The third-order valence-corrected chi connectivity index (χ3v) is 7.46. The summed E-state index contributed by atoms with van der Waals surface area (Å²) in [6.07, 6.45) is -0.909. The lowest BCUT2D eigenvalue weighted by Crippen LogP contribution is -2.44. The Balaban J connectivity index is 1.22. The molecule has 0 saturated carbocycles. The van der Waals surface area contributed by atoms with Gasteiger partial charge in [-0.05, 0) is 36.2 Å². The van der Waals surface area contributed by atoms with Crippen molar-refractivity contribution in [2.24, 2.45) is 10.7 Å². The van der Waals surface area contributed by atoms with Gasteiger partial charge < -0.3 is 16.0 Å². The van der Waals surface area contributed by atoms with Gasteiger partial charge in [0.25, 0.3) is 5.91 Å². The first kappa shape index (κ1) is 26.3. The first-order chi connectivity index (χ1) is 19.7. The average molecular weight is 557 g/mol. The van der Waals surface area contributed by atoms with Crippen molar-refractivity contribution in [1.29, 1.82) is 0 Å². The molecule has 4 aromatic rings. The fraction of sp³-hybridized carbons (Fsp3) is 0.233. The molecule has 1 fully saturated rings. The summed E-state index contributed by atoms with van der Waals surface area (Å²) in [7, 11) is 0. The maximum absolute atomic E-state index is 15.6. The van der Waals surface area contributed by atoms with E-state index in [0.717, 1.165) is 28.3 Å². The van der Waals surface area contributed by atoms with E-state index in [-0.39, 0.29) is 36.5 Å². The van der Waals surface area contributed by atoms with E-state index >= 15 is 4.39 Å². The van der Waals surface area contributed by atoms with Crippen LogP contribution in [0.5, 0.6) is 0 Å². The van der Waals surface area contributed by atoms with Crippen LogP contribution in [0.1, 0.15) is 29.4 Å². The Hall–Kier alpha value is -4.93. The number of halogens is 2. The van der Waals surface area contributed by atoms with Crippen molar-refractivity contribution in [3.05, 3.63) is 77.7 Å². The molecule has 11 heteroatoms. The number of aromatic nitrogens is 2. The molecule has 2 atom stereocenters. The maximum Gasteiger partial charge on any atom is 0.269 e. The van der Waals surface area contributed by atoms with Gasteiger partial charge >= 0.3 is 0 Å². The van der Waals surface area contributed by atoms with E-state index in [4.69, 9.17) is 5.73 Å². The zero-order valence-electron chi connectivity index (χ0n) is 22.1. The number of rotatable bonds is 6. The second-order valence-corrected chi connectivity index (χ2v) is 10.3. The summed E-state index contributed by atoms with van der Waals surface area (Å²) in [5.41, 5.74) is 9.60. The van der Waals surface area contributed by atoms with Crippen molar-refractivity contribution in [3.63, 3.8) is 0 Å². The van der Waals surface area contributed by atoms with Gasteiger partial charge in [0.05, 0.1) is 23.4 Å².